The van der Waals surface area contributed by atoms with Crippen molar-refractivity contribution >= 4 is 23.9 Å². The summed E-state index contributed by atoms with van der Waals surface area (Å²) in [5, 5.41) is 0. The molecule has 0 aliphatic carbocycles. The van der Waals surface area contributed by atoms with Gasteiger partial charge in [-0.1, -0.05) is 78.1 Å². The Bertz CT molecular complexity index is 114. The first-order valence-electron chi connectivity index (χ1n) is 7.99. The molecule has 1 nitrogen and oxygen atoms in total. The first kappa shape index (κ1) is 21.1. The Morgan fingerprint density at radius 1 is 0.500 bits per heavy atom. The summed E-state index contributed by atoms with van der Waals surface area (Å²) in [6, 6.07) is 0. The summed E-state index contributed by atoms with van der Waals surface area (Å²) < 4.78 is 5.65. The van der Waals surface area contributed by atoms with E-state index in [-0.39, 0.29) is 23.9 Å². The van der Waals surface area contributed by atoms with Gasteiger partial charge in [0.25, 0.3) is 0 Å². The zero-order chi connectivity index (χ0) is 12.6. The first-order chi connectivity index (χ1) is 8.41. The van der Waals surface area contributed by atoms with E-state index in [1.165, 1.54) is 77.0 Å². The molecule has 0 rings (SSSR count). The van der Waals surface area contributed by atoms with Crippen LogP contribution < -0.4 is 0 Å². The van der Waals surface area contributed by atoms with Gasteiger partial charge in [-0.05, 0) is 12.8 Å². The Kier molecular flexibility index (Phi) is 23.5. The second-order valence-electron chi connectivity index (χ2n) is 5.15. The van der Waals surface area contributed by atoms with Gasteiger partial charge in [0.05, 0.1) is 0 Å². The van der Waals surface area contributed by atoms with Gasteiger partial charge >= 0.3 is 23.9 Å². The molecule has 0 aromatic rings. The van der Waals surface area contributed by atoms with E-state index in [4.69, 9.17) is 4.74 Å². The fourth-order valence-electron chi connectivity index (χ4n) is 2.07. The van der Waals surface area contributed by atoms with Crippen molar-refractivity contribution < 1.29 is 4.74 Å². The van der Waals surface area contributed by atoms with Crippen molar-refractivity contribution in [1.29, 1.82) is 0 Å². The van der Waals surface area contributed by atoms with E-state index in [1.807, 2.05) is 0 Å². The van der Waals surface area contributed by atoms with E-state index in [2.05, 4.69) is 13.8 Å². The second-order valence-corrected chi connectivity index (χ2v) is 5.15. The Labute approximate surface area is 132 Å². The van der Waals surface area contributed by atoms with E-state index in [1.54, 1.807) is 0 Å². The van der Waals surface area contributed by atoms with Crippen LogP contribution in [0.4, 0.5) is 0 Å². The Hall–Kier alpha value is 0.759. The summed E-state index contributed by atoms with van der Waals surface area (Å²) in [4.78, 5) is 0. The Balaban J connectivity index is 0. The summed E-state index contributed by atoms with van der Waals surface area (Å²) >= 11 is 0. The molecular formula is C16H36OSn. The van der Waals surface area contributed by atoms with Crippen LogP contribution in [-0.4, -0.2) is 37.1 Å². The molecule has 0 heterocycles. The van der Waals surface area contributed by atoms with Crippen molar-refractivity contribution in [2.75, 3.05) is 13.2 Å². The van der Waals surface area contributed by atoms with Gasteiger partial charge in [-0.25, -0.2) is 0 Å². The van der Waals surface area contributed by atoms with E-state index in [0.717, 1.165) is 13.2 Å². The molecule has 0 saturated carbocycles. The molecule has 0 unspecified atom stereocenters. The van der Waals surface area contributed by atoms with Crippen molar-refractivity contribution in [1.82, 2.24) is 0 Å². The summed E-state index contributed by atoms with van der Waals surface area (Å²) in [5.74, 6) is 0. The quantitative estimate of drug-likeness (QED) is 0.318. The molecule has 0 spiro atoms. The van der Waals surface area contributed by atoms with Crippen LogP contribution in [0, 0.1) is 0 Å². The molecule has 0 aromatic heterocycles. The molecule has 18 heavy (non-hydrogen) atoms. The monoisotopic (exact) mass is 364 g/mol. The van der Waals surface area contributed by atoms with Crippen molar-refractivity contribution in [2.45, 2.75) is 90.9 Å². The van der Waals surface area contributed by atoms with Gasteiger partial charge in [0.2, 0.25) is 0 Å². The summed E-state index contributed by atoms with van der Waals surface area (Å²) in [6.07, 6.45) is 16.3. The predicted octanol–water partition coefficient (Wildman–Crippen LogP) is 4.81. The van der Waals surface area contributed by atoms with Gasteiger partial charge in [-0.3, -0.25) is 0 Å². The van der Waals surface area contributed by atoms with E-state index < -0.39 is 0 Å². The molecule has 0 aromatic carbocycles. The van der Waals surface area contributed by atoms with Crippen molar-refractivity contribution in [3.05, 3.63) is 0 Å². The molecule has 0 N–H and O–H groups in total. The van der Waals surface area contributed by atoms with Crippen LogP contribution in [0.2, 0.25) is 0 Å². The van der Waals surface area contributed by atoms with Crippen molar-refractivity contribution in [3.8, 4) is 0 Å². The molecule has 0 aliphatic heterocycles. The van der Waals surface area contributed by atoms with Crippen LogP contribution in [0.1, 0.15) is 90.9 Å². The summed E-state index contributed by atoms with van der Waals surface area (Å²) in [5.41, 5.74) is 0. The molecule has 0 saturated heterocycles. The zero-order valence-corrected chi connectivity index (χ0v) is 17.1. The van der Waals surface area contributed by atoms with Gasteiger partial charge in [0.1, 0.15) is 0 Å². The van der Waals surface area contributed by atoms with Crippen LogP contribution >= 0.6 is 0 Å². The van der Waals surface area contributed by atoms with Gasteiger partial charge in [-0.2, -0.15) is 0 Å². The van der Waals surface area contributed by atoms with Crippen LogP contribution in [0.15, 0.2) is 0 Å². The van der Waals surface area contributed by atoms with Gasteiger partial charge in [-0.15, -0.1) is 0 Å². The number of hydrogen-bond donors (Lipinski definition) is 0. The molecule has 0 bridgehead atoms. The number of hydrogen-bond acceptors (Lipinski definition) is 1. The third-order valence-electron chi connectivity index (χ3n) is 3.28. The van der Waals surface area contributed by atoms with Crippen LogP contribution in [-0.2, 0) is 4.74 Å². The molecule has 110 valence electrons. The summed E-state index contributed by atoms with van der Waals surface area (Å²) in [7, 11) is 0. The fraction of sp³-hybridized carbons (Fsp3) is 1.00. The van der Waals surface area contributed by atoms with E-state index in [9.17, 15) is 0 Å². The first-order valence-corrected chi connectivity index (χ1v) is 7.99. The summed E-state index contributed by atoms with van der Waals surface area (Å²) in [6.45, 7) is 6.51. The number of unbranched alkanes of at least 4 members (excludes halogenated alkanes) is 10. The minimum atomic E-state index is 0. The average Bonchev–Trinajstić information content (AvgIpc) is 2.35. The van der Waals surface area contributed by atoms with Crippen LogP contribution in [0.5, 0.6) is 0 Å². The SMILES string of the molecule is CCCCCCCCOCCCCCCCC.[SnH2]. The maximum absolute atomic E-state index is 5.65. The number of ether oxygens (including phenoxy) is 1. The Morgan fingerprint density at radius 3 is 1.22 bits per heavy atom. The number of rotatable bonds is 14. The molecule has 0 aliphatic rings. The predicted molar refractivity (Wildman–Crippen MR) is 86.1 cm³/mol. The normalized spacial score (nSPS) is 10.3. The van der Waals surface area contributed by atoms with Crippen molar-refractivity contribution in [3.63, 3.8) is 0 Å². The molecule has 2 heteroatoms. The minimum absolute atomic E-state index is 0. The standard InChI is InChI=1S/C16H34O.Sn.2H/c1-3-5-7-9-11-13-15-17-16-14-12-10-8-6-4-2;;;/h3-16H2,1-2H3;;;. The Morgan fingerprint density at radius 2 is 0.833 bits per heavy atom. The molecule has 0 amide bonds. The van der Waals surface area contributed by atoms with Crippen LogP contribution in [0.3, 0.4) is 0 Å². The topological polar surface area (TPSA) is 9.23 Å². The molecule has 2 radical (unpaired) electrons. The molecule has 0 fully saturated rings. The van der Waals surface area contributed by atoms with E-state index >= 15 is 0 Å². The maximum atomic E-state index is 5.65. The third kappa shape index (κ3) is 19.1. The average molecular weight is 363 g/mol. The van der Waals surface area contributed by atoms with Crippen molar-refractivity contribution in [2.24, 2.45) is 0 Å². The van der Waals surface area contributed by atoms with Crippen LogP contribution in [0.25, 0.3) is 0 Å². The molecule has 0 atom stereocenters. The molecular weight excluding hydrogens is 327 g/mol. The van der Waals surface area contributed by atoms with E-state index in [0.29, 0.717) is 0 Å². The zero-order valence-electron chi connectivity index (χ0n) is 13.0. The van der Waals surface area contributed by atoms with Gasteiger partial charge < -0.3 is 4.74 Å². The van der Waals surface area contributed by atoms with Gasteiger partial charge in [0, 0.05) is 13.2 Å². The second kappa shape index (κ2) is 20.1. The fourth-order valence-corrected chi connectivity index (χ4v) is 2.07. The van der Waals surface area contributed by atoms with Gasteiger partial charge in [0.15, 0.2) is 0 Å². The third-order valence-corrected chi connectivity index (χ3v) is 3.28.